The van der Waals surface area contributed by atoms with Gasteiger partial charge in [0.2, 0.25) is 5.91 Å². The van der Waals surface area contributed by atoms with Crippen molar-refractivity contribution in [3.05, 3.63) is 35.9 Å². The summed E-state index contributed by atoms with van der Waals surface area (Å²) in [6.45, 7) is 4.61. The fourth-order valence-electron chi connectivity index (χ4n) is 4.54. The lowest BCUT2D eigenvalue weighted by Crippen LogP contribution is -2.53. The normalized spacial score (nSPS) is 18.4. The van der Waals surface area contributed by atoms with Crippen LogP contribution in [-0.2, 0) is 4.79 Å². The smallest absolute Gasteiger partial charge is 0.254 e. The minimum atomic E-state index is -0.122. The molecule has 5 heteroatoms. The molecule has 0 bridgehead atoms. The first-order chi connectivity index (χ1) is 14.2. The summed E-state index contributed by atoms with van der Waals surface area (Å²) in [4.78, 5) is 29.6. The highest BCUT2D eigenvalue weighted by atomic mass is 32.2. The molecule has 1 aromatic carbocycles. The summed E-state index contributed by atoms with van der Waals surface area (Å²) in [6, 6.07) is 9.60. The van der Waals surface area contributed by atoms with Crippen LogP contribution in [0.3, 0.4) is 0 Å². The van der Waals surface area contributed by atoms with E-state index in [0.717, 1.165) is 50.2 Å². The van der Waals surface area contributed by atoms with Crippen molar-refractivity contribution in [2.45, 2.75) is 76.0 Å². The molecule has 0 N–H and O–H groups in total. The molecular weight excluding hydrogens is 380 g/mol. The van der Waals surface area contributed by atoms with Gasteiger partial charge >= 0.3 is 0 Å². The molecule has 0 aromatic heterocycles. The third-order valence-corrected chi connectivity index (χ3v) is 7.89. The standard InChI is InChI=1S/C24H36N2O2S/c1-2-3-4-5-6-7-11-14-22(27)25-17-15-24(16-18-25)26(19-20-29-24)23(28)21-12-9-8-10-13-21/h8-10,12-13H,2-7,11,14-20H2,1H3. The molecule has 0 aliphatic carbocycles. The third-order valence-electron chi connectivity index (χ3n) is 6.34. The second kappa shape index (κ2) is 11.1. The summed E-state index contributed by atoms with van der Waals surface area (Å²) in [5, 5.41) is 0. The van der Waals surface area contributed by atoms with E-state index in [1.807, 2.05) is 47.0 Å². The van der Waals surface area contributed by atoms with Gasteiger partial charge in [0.1, 0.15) is 0 Å². The Morgan fingerprint density at radius 2 is 1.59 bits per heavy atom. The molecule has 2 amide bonds. The third kappa shape index (κ3) is 5.78. The van der Waals surface area contributed by atoms with Crippen LogP contribution >= 0.6 is 11.8 Å². The molecule has 3 rings (SSSR count). The first kappa shape index (κ1) is 22.2. The topological polar surface area (TPSA) is 40.6 Å². The predicted molar refractivity (Wildman–Crippen MR) is 121 cm³/mol. The van der Waals surface area contributed by atoms with Gasteiger partial charge in [-0.05, 0) is 31.4 Å². The van der Waals surface area contributed by atoms with Gasteiger partial charge in [-0.3, -0.25) is 9.59 Å². The second-order valence-electron chi connectivity index (χ2n) is 8.37. The van der Waals surface area contributed by atoms with Crippen molar-refractivity contribution in [1.29, 1.82) is 0 Å². The first-order valence-corrected chi connectivity index (χ1v) is 12.4. The molecule has 2 aliphatic heterocycles. The molecular formula is C24H36N2O2S. The number of hydrogen-bond donors (Lipinski definition) is 0. The highest BCUT2D eigenvalue weighted by Gasteiger charge is 2.46. The van der Waals surface area contributed by atoms with Gasteiger partial charge in [0.05, 0.1) is 4.87 Å². The van der Waals surface area contributed by atoms with Gasteiger partial charge in [-0.1, -0.05) is 63.6 Å². The van der Waals surface area contributed by atoms with Crippen LogP contribution in [0.1, 0.15) is 81.5 Å². The van der Waals surface area contributed by atoms with Crippen molar-refractivity contribution in [2.24, 2.45) is 0 Å². The number of benzene rings is 1. The van der Waals surface area contributed by atoms with Crippen LogP contribution in [0.2, 0.25) is 0 Å². The minimum Gasteiger partial charge on any atom is -0.342 e. The van der Waals surface area contributed by atoms with Gasteiger partial charge in [-0.25, -0.2) is 0 Å². The van der Waals surface area contributed by atoms with Crippen LogP contribution in [-0.4, -0.2) is 51.9 Å². The zero-order chi connectivity index (χ0) is 20.5. The summed E-state index contributed by atoms with van der Waals surface area (Å²) in [6.07, 6.45) is 11.1. The minimum absolute atomic E-state index is 0.122. The lowest BCUT2D eigenvalue weighted by atomic mass is 10.00. The second-order valence-corrected chi connectivity index (χ2v) is 9.83. The van der Waals surface area contributed by atoms with Gasteiger partial charge in [-0.2, -0.15) is 0 Å². The van der Waals surface area contributed by atoms with Crippen LogP contribution in [0.25, 0.3) is 0 Å². The Morgan fingerprint density at radius 1 is 0.931 bits per heavy atom. The van der Waals surface area contributed by atoms with Gasteiger partial charge in [0, 0.05) is 37.4 Å². The molecule has 0 unspecified atom stereocenters. The van der Waals surface area contributed by atoms with Gasteiger partial charge in [0.25, 0.3) is 5.91 Å². The van der Waals surface area contributed by atoms with Crippen LogP contribution in [0, 0.1) is 0 Å². The van der Waals surface area contributed by atoms with Crippen LogP contribution in [0.5, 0.6) is 0 Å². The zero-order valence-electron chi connectivity index (χ0n) is 17.9. The number of carbonyl (C=O) groups is 2. The highest BCUT2D eigenvalue weighted by Crippen LogP contribution is 2.44. The first-order valence-electron chi connectivity index (χ1n) is 11.4. The zero-order valence-corrected chi connectivity index (χ0v) is 18.7. The molecule has 1 aromatic rings. The molecule has 2 fully saturated rings. The predicted octanol–water partition coefficient (Wildman–Crippen LogP) is 5.34. The summed E-state index contributed by atoms with van der Waals surface area (Å²) < 4.78 is 0. The van der Waals surface area contributed by atoms with E-state index in [2.05, 4.69) is 11.8 Å². The molecule has 1 spiro atoms. The maximum Gasteiger partial charge on any atom is 0.254 e. The molecule has 2 saturated heterocycles. The van der Waals surface area contributed by atoms with Gasteiger partial charge in [0.15, 0.2) is 0 Å². The monoisotopic (exact) mass is 416 g/mol. The Hall–Kier alpha value is -1.49. The highest BCUT2D eigenvalue weighted by molar-refractivity contribution is 8.00. The quantitative estimate of drug-likeness (QED) is 0.511. The van der Waals surface area contributed by atoms with Crippen LogP contribution < -0.4 is 0 Å². The van der Waals surface area contributed by atoms with Crippen molar-refractivity contribution in [1.82, 2.24) is 9.80 Å². The largest absolute Gasteiger partial charge is 0.342 e. The van der Waals surface area contributed by atoms with Crippen molar-refractivity contribution < 1.29 is 9.59 Å². The van der Waals surface area contributed by atoms with E-state index in [4.69, 9.17) is 0 Å². The van der Waals surface area contributed by atoms with Crippen LogP contribution in [0.4, 0.5) is 0 Å². The summed E-state index contributed by atoms with van der Waals surface area (Å²) in [5.74, 6) is 1.43. The molecule has 0 radical (unpaired) electrons. The molecule has 2 aliphatic rings. The Kier molecular flexibility index (Phi) is 8.46. The lowest BCUT2D eigenvalue weighted by Gasteiger charge is -2.44. The van der Waals surface area contributed by atoms with Gasteiger partial charge < -0.3 is 9.80 Å². The maximum atomic E-state index is 13.0. The summed E-state index contributed by atoms with van der Waals surface area (Å²) in [5.41, 5.74) is 0.770. The van der Waals surface area contributed by atoms with E-state index in [9.17, 15) is 9.59 Å². The summed E-state index contributed by atoms with van der Waals surface area (Å²) in [7, 11) is 0. The number of amides is 2. The number of unbranched alkanes of at least 4 members (excludes halogenated alkanes) is 6. The number of nitrogens with zero attached hydrogens (tertiary/aromatic N) is 2. The van der Waals surface area contributed by atoms with E-state index in [1.54, 1.807) is 0 Å². The number of likely N-dealkylation sites (tertiary alicyclic amines) is 1. The molecule has 29 heavy (non-hydrogen) atoms. The van der Waals surface area contributed by atoms with Gasteiger partial charge in [-0.15, -0.1) is 11.8 Å². The van der Waals surface area contributed by atoms with Crippen molar-refractivity contribution in [3.63, 3.8) is 0 Å². The molecule has 2 heterocycles. The van der Waals surface area contributed by atoms with E-state index in [1.165, 1.54) is 38.5 Å². The van der Waals surface area contributed by atoms with Crippen molar-refractivity contribution in [2.75, 3.05) is 25.4 Å². The maximum absolute atomic E-state index is 13.0. The molecule has 4 nitrogen and oxygen atoms in total. The number of hydrogen-bond acceptors (Lipinski definition) is 3. The Balaban J connectivity index is 1.44. The average molecular weight is 417 g/mol. The van der Waals surface area contributed by atoms with E-state index in [0.29, 0.717) is 12.3 Å². The van der Waals surface area contributed by atoms with Crippen molar-refractivity contribution >= 4 is 23.6 Å². The number of rotatable bonds is 9. The molecule has 160 valence electrons. The van der Waals surface area contributed by atoms with E-state index >= 15 is 0 Å². The lowest BCUT2D eigenvalue weighted by molar-refractivity contribution is -0.132. The fourth-order valence-corrected chi connectivity index (χ4v) is 6.00. The number of piperidine rings is 1. The summed E-state index contributed by atoms with van der Waals surface area (Å²) >= 11 is 1.91. The fraction of sp³-hybridized carbons (Fsp3) is 0.667. The number of carbonyl (C=O) groups excluding carboxylic acids is 2. The van der Waals surface area contributed by atoms with E-state index in [-0.39, 0.29) is 10.8 Å². The SMILES string of the molecule is CCCCCCCCCC(=O)N1CCC2(CC1)SCCN2C(=O)c1ccccc1. The molecule has 0 atom stereocenters. The average Bonchev–Trinajstić information content (AvgIpc) is 3.16. The number of thioether (sulfide) groups is 1. The Labute approximate surface area is 180 Å². The Bertz CT molecular complexity index is 656. The van der Waals surface area contributed by atoms with Crippen molar-refractivity contribution in [3.8, 4) is 0 Å². The Morgan fingerprint density at radius 3 is 2.28 bits per heavy atom. The molecule has 0 saturated carbocycles. The van der Waals surface area contributed by atoms with Crippen LogP contribution in [0.15, 0.2) is 30.3 Å². The van der Waals surface area contributed by atoms with E-state index < -0.39 is 0 Å².